The number of benzene rings is 2. The van der Waals surface area contributed by atoms with Crippen molar-refractivity contribution >= 4 is 12.4 Å². The lowest BCUT2D eigenvalue weighted by Gasteiger charge is -2.18. The number of rotatable bonds is 12. The van der Waals surface area contributed by atoms with Gasteiger partial charge in [0.2, 0.25) is 0 Å². The molecule has 0 aliphatic carbocycles. The van der Waals surface area contributed by atoms with Crippen LogP contribution >= 0.6 is 12.4 Å². The number of unbranched alkanes of at least 4 members (excludes halogenated alkanes) is 3. The predicted molar refractivity (Wildman–Crippen MR) is 118 cm³/mol. The van der Waals surface area contributed by atoms with Gasteiger partial charge in [-0.25, -0.2) is 0 Å². The van der Waals surface area contributed by atoms with Crippen molar-refractivity contribution in [1.82, 2.24) is 0 Å². The van der Waals surface area contributed by atoms with Gasteiger partial charge in [-0.3, -0.25) is 0 Å². The number of ether oxygens (including phenoxy) is 3. The van der Waals surface area contributed by atoms with Crippen molar-refractivity contribution in [3.63, 3.8) is 0 Å². The van der Waals surface area contributed by atoms with Crippen LogP contribution in [-0.4, -0.2) is 27.4 Å². The van der Waals surface area contributed by atoms with Crippen LogP contribution in [0.15, 0.2) is 42.5 Å². The van der Waals surface area contributed by atoms with E-state index in [-0.39, 0.29) is 18.3 Å². The Morgan fingerprint density at radius 1 is 0.893 bits per heavy atom. The topological polar surface area (TPSA) is 53.7 Å². The molecule has 0 aromatic heterocycles. The molecule has 0 amide bonds. The molecule has 0 spiro atoms. The molecule has 0 saturated heterocycles. The van der Waals surface area contributed by atoms with Crippen molar-refractivity contribution in [2.45, 2.75) is 44.9 Å². The first-order valence-electron chi connectivity index (χ1n) is 9.85. The highest BCUT2D eigenvalue weighted by Gasteiger charge is 2.14. The van der Waals surface area contributed by atoms with Gasteiger partial charge >= 0.3 is 0 Å². The quantitative estimate of drug-likeness (QED) is 0.480. The van der Waals surface area contributed by atoms with Gasteiger partial charge in [0.1, 0.15) is 5.75 Å². The van der Waals surface area contributed by atoms with E-state index in [2.05, 4.69) is 37.3 Å². The molecule has 2 rings (SSSR count). The summed E-state index contributed by atoms with van der Waals surface area (Å²) in [7, 11) is 3.30. The molecule has 0 heterocycles. The number of nitrogens with two attached hydrogens (primary N) is 1. The Morgan fingerprint density at radius 2 is 1.61 bits per heavy atom. The second-order valence-electron chi connectivity index (χ2n) is 6.80. The molecule has 0 radical (unpaired) electrons. The summed E-state index contributed by atoms with van der Waals surface area (Å²) in [5.74, 6) is 2.63. The van der Waals surface area contributed by atoms with Gasteiger partial charge in [0.05, 0.1) is 20.8 Å². The van der Waals surface area contributed by atoms with E-state index >= 15 is 0 Å². The number of methoxy groups -OCH3 is 2. The molecule has 0 bridgehead atoms. The summed E-state index contributed by atoms with van der Waals surface area (Å²) in [6.07, 6.45) is 5.75. The first-order valence-corrected chi connectivity index (χ1v) is 9.85. The van der Waals surface area contributed by atoms with Gasteiger partial charge in [-0.05, 0) is 54.8 Å². The highest BCUT2D eigenvalue weighted by molar-refractivity contribution is 5.85. The zero-order chi connectivity index (χ0) is 19.5. The lowest BCUT2D eigenvalue weighted by atomic mass is 9.92. The van der Waals surface area contributed by atoms with E-state index in [4.69, 9.17) is 19.9 Å². The van der Waals surface area contributed by atoms with Crippen LogP contribution in [0, 0.1) is 0 Å². The third kappa shape index (κ3) is 7.25. The van der Waals surface area contributed by atoms with Crippen molar-refractivity contribution < 1.29 is 14.2 Å². The van der Waals surface area contributed by atoms with Crippen molar-refractivity contribution in [3.05, 3.63) is 53.6 Å². The Bertz CT molecular complexity index is 676. The predicted octanol–water partition coefficient (Wildman–Crippen LogP) is 5.37. The van der Waals surface area contributed by atoms with Gasteiger partial charge < -0.3 is 19.9 Å². The van der Waals surface area contributed by atoms with Crippen molar-refractivity contribution in [3.8, 4) is 17.2 Å². The molecule has 1 atom stereocenters. The Labute approximate surface area is 175 Å². The molecule has 2 aromatic rings. The first-order chi connectivity index (χ1) is 13.2. The van der Waals surface area contributed by atoms with Crippen molar-refractivity contribution in [1.29, 1.82) is 0 Å². The number of hydrogen-bond donors (Lipinski definition) is 1. The minimum Gasteiger partial charge on any atom is -0.494 e. The van der Waals surface area contributed by atoms with Crippen LogP contribution in [0.3, 0.4) is 0 Å². The van der Waals surface area contributed by atoms with Crippen LogP contribution in [0.1, 0.15) is 49.7 Å². The summed E-state index contributed by atoms with van der Waals surface area (Å²) in [4.78, 5) is 0. The van der Waals surface area contributed by atoms with E-state index in [9.17, 15) is 0 Å². The average molecular weight is 408 g/mol. The minimum atomic E-state index is 0. The molecule has 28 heavy (non-hydrogen) atoms. The molecule has 0 saturated carbocycles. The van der Waals surface area contributed by atoms with Crippen LogP contribution in [0.25, 0.3) is 0 Å². The van der Waals surface area contributed by atoms with E-state index in [1.165, 1.54) is 24.8 Å². The molecule has 2 aromatic carbocycles. The van der Waals surface area contributed by atoms with Gasteiger partial charge in [-0.15, -0.1) is 12.4 Å². The Morgan fingerprint density at radius 3 is 2.21 bits per heavy atom. The highest BCUT2D eigenvalue weighted by Crippen LogP contribution is 2.31. The maximum atomic E-state index is 6.05. The summed E-state index contributed by atoms with van der Waals surface area (Å²) >= 11 is 0. The van der Waals surface area contributed by atoms with Crippen molar-refractivity contribution in [2.24, 2.45) is 5.73 Å². The average Bonchev–Trinajstić information content (AvgIpc) is 2.72. The third-order valence-electron chi connectivity index (χ3n) is 4.84. The molecule has 1 unspecified atom stereocenters. The van der Waals surface area contributed by atoms with E-state index < -0.39 is 0 Å². The zero-order valence-electron chi connectivity index (χ0n) is 17.3. The first kappa shape index (κ1) is 24.1. The molecule has 0 fully saturated rings. The molecule has 0 aliphatic rings. The molecule has 0 aliphatic heterocycles. The van der Waals surface area contributed by atoms with Crippen LogP contribution in [-0.2, 0) is 6.42 Å². The minimum absolute atomic E-state index is 0. The number of hydrogen-bond acceptors (Lipinski definition) is 4. The van der Waals surface area contributed by atoms with Crippen LogP contribution in [0.4, 0.5) is 0 Å². The maximum Gasteiger partial charge on any atom is 0.160 e. The third-order valence-corrected chi connectivity index (χ3v) is 4.84. The standard InChI is InChI=1S/C23H33NO3.ClH/c1-4-5-6-7-14-27-21-11-8-18(9-12-21)15-20(17-24)19-10-13-22(25-2)23(16-19)26-3;/h8-13,16,20H,4-7,14-15,17,24H2,1-3H3;1H. The highest BCUT2D eigenvalue weighted by atomic mass is 35.5. The van der Waals surface area contributed by atoms with E-state index in [1.54, 1.807) is 14.2 Å². The van der Waals surface area contributed by atoms with E-state index in [0.29, 0.717) is 6.54 Å². The van der Waals surface area contributed by atoms with Crippen LogP contribution in [0.5, 0.6) is 17.2 Å². The van der Waals surface area contributed by atoms with Crippen LogP contribution in [0.2, 0.25) is 0 Å². The number of halogens is 1. The smallest absolute Gasteiger partial charge is 0.160 e. The summed E-state index contributed by atoms with van der Waals surface area (Å²) in [5, 5.41) is 0. The van der Waals surface area contributed by atoms with E-state index in [1.807, 2.05) is 12.1 Å². The largest absolute Gasteiger partial charge is 0.494 e. The second kappa shape index (κ2) is 13.3. The Balaban J connectivity index is 0.00000392. The second-order valence-corrected chi connectivity index (χ2v) is 6.80. The molecule has 5 heteroatoms. The molecular weight excluding hydrogens is 374 g/mol. The Hall–Kier alpha value is -1.91. The summed E-state index contributed by atoms with van der Waals surface area (Å²) in [6, 6.07) is 14.4. The summed E-state index contributed by atoms with van der Waals surface area (Å²) in [5.41, 5.74) is 8.46. The summed E-state index contributed by atoms with van der Waals surface area (Å²) < 4.78 is 16.6. The monoisotopic (exact) mass is 407 g/mol. The molecular formula is C23H34ClNO3. The maximum absolute atomic E-state index is 6.05. The lowest BCUT2D eigenvalue weighted by Crippen LogP contribution is -2.15. The fraction of sp³-hybridized carbons (Fsp3) is 0.478. The normalized spacial score (nSPS) is 11.4. The fourth-order valence-corrected chi connectivity index (χ4v) is 3.17. The van der Waals surface area contributed by atoms with E-state index in [0.717, 1.165) is 42.3 Å². The summed E-state index contributed by atoms with van der Waals surface area (Å²) in [6.45, 7) is 3.58. The molecule has 156 valence electrons. The van der Waals surface area contributed by atoms with Crippen molar-refractivity contribution in [2.75, 3.05) is 27.4 Å². The lowest BCUT2D eigenvalue weighted by molar-refractivity contribution is 0.305. The van der Waals surface area contributed by atoms with Gasteiger partial charge in [0.15, 0.2) is 11.5 Å². The fourth-order valence-electron chi connectivity index (χ4n) is 3.17. The Kier molecular flexibility index (Phi) is 11.5. The van der Waals surface area contributed by atoms with Gasteiger partial charge in [0, 0.05) is 5.92 Å². The van der Waals surface area contributed by atoms with Gasteiger partial charge in [-0.1, -0.05) is 44.4 Å². The SMILES string of the molecule is CCCCCCOc1ccc(CC(CN)c2ccc(OC)c(OC)c2)cc1.Cl. The zero-order valence-corrected chi connectivity index (χ0v) is 18.1. The van der Waals surface area contributed by atoms with Gasteiger partial charge in [0.25, 0.3) is 0 Å². The molecule has 4 nitrogen and oxygen atoms in total. The van der Waals surface area contributed by atoms with Gasteiger partial charge in [-0.2, -0.15) is 0 Å². The van der Waals surface area contributed by atoms with Crippen LogP contribution < -0.4 is 19.9 Å². The molecule has 2 N–H and O–H groups in total.